The summed E-state index contributed by atoms with van der Waals surface area (Å²) >= 11 is 1.47. The summed E-state index contributed by atoms with van der Waals surface area (Å²) in [4.78, 5) is 30.1. The van der Waals surface area contributed by atoms with Gasteiger partial charge < -0.3 is 9.88 Å². The van der Waals surface area contributed by atoms with Crippen molar-refractivity contribution >= 4 is 23.7 Å². The number of fused-ring (bicyclic) bond motifs is 2. The lowest BCUT2D eigenvalue weighted by molar-refractivity contribution is -0.124. The molecule has 0 spiro atoms. The molecule has 1 aromatic heterocycles. The van der Waals surface area contributed by atoms with Gasteiger partial charge in [-0.15, -0.1) is 0 Å². The van der Waals surface area contributed by atoms with Crippen molar-refractivity contribution < 1.29 is 9.59 Å². The van der Waals surface area contributed by atoms with Crippen LogP contribution >= 0.6 is 11.8 Å². The molecule has 2 saturated carbocycles. The highest BCUT2D eigenvalue weighted by Gasteiger charge is 2.43. The molecule has 142 valence electrons. The van der Waals surface area contributed by atoms with Gasteiger partial charge in [-0.1, -0.05) is 18.2 Å². The average Bonchev–Trinajstić information content (AvgIpc) is 3.38. The minimum atomic E-state index is -0.276. The van der Waals surface area contributed by atoms with E-state index in [1.165, 1.54) is 48.0 Å². The standard InChI is InChI=1S/C19H28N4O2S/c1-11-12(2)23(13(3)16-9-14-4-5-15(16)8-14)19(21-11)26-10-17(24)22-7-6-20-18(22)25/h13-16H,4-10H2,1-3H3,(H,20,25)/t13-,14+,15+,16-/m1/s1. The highest BCUT2D eigenvalue weighted by molar-refractivity contribution is 7.99. The van der Waals surface area contributed by atoms with Crippen molar-refractivity contribution in [1.29, 1.82) is 0 Å². The third kappa shape index (κ3) is 3.04. The fourth-order valence-corrected chi connectivity index (χ4v) is 6.22. The zero-order valence-electron chi connectivity index (χ0n) is 15.8. The lowest BCUT2D eigenvalue weighted by Gasteiger charge is -2.30. The summed E-state index contributed by atoms with van der Waals surface area (Å²) in [6.45, 7) is 7.50. The number of rotatable bonds is 5. The monoisotopic (exact) mass is 376 g/mol. The molecule has 0 aromatic carbocycles. The smallest absolute Gasteiger partial charge is 0.324 e. The molecule has 3 amide bonds. The lowest BCUT2D eigenvalue weighted by Crippen LogP contribution is -2.35. The summed E-state index contributed by atoms with van der Waals surface area (Å²) in [6, 6.07) is 0.140. The Morgan fingerprint density at radius 3 is 2.77 bits per heavy atom. The van der Waals surface area contributed by atoms with E-state index < -0.39 is 0 Å². The van der Waals surface area contributed by atoms with Crippen LogP contribution in [-0.2, 0) is 4.79 Å². The first-order chi connectivity index (χ1) is 12.5. The molecule has 0 unspecified atom stereocenters. The molecule has 2 heterocycles. The molecule has 3 fully saturated rings. The summed E-state index contributed by atoms with van der Waals surface area (Å²) in [7, 11) is 0. The first kappa shape index (κ1) is 17.9. The number of imide groups is 1. The molecule has 4 rings (SSSR count). The van der Waals surface area contributed by atoms with Crippen LogP contribution < -0.4 is 5.32 Å². The Hall–Kier alpha value is -1.50. The second-order valence-electron chi connectivity index (χ2n) is 8.08. The largest absolute Gasteiger partial charge is 0.336 e. The van der Waals surface area contributed by atoms with Crippen LogP contribution in [0.4, 0.5) is 4.79 Å². The highest BCUT2D eigenvalue weighted by atomic mass is 32.2. The van der Waals surface area contributed by atoms with Crippen LogP contribution in [0.25, 0.3) is 0 Å². The summed E-state index contributed by atoms with van der Waals surface area (Å²) in [5.74, 6) is 2.61. The third-order valence-corrected chi connectivity index (χ3v) is 7.59. The van der Waals surface area contributed by atoms with Gasteiger partial charge in [0.2, 0.25) is 5.91 Å². The number of nitrogens with one attached hydrogen (secondary N) is 1. The van der Waals surface area contributed by atoms with Crippen LogP contribution in [0.2, 0.25) is 0 Å². The minimum Gasteiger partial charge on any atom is -0.336 e. The topological polar surface area (TPSA) is 67.2 Å². The molecule has 0 radical (unpaired) electrons. The molecule has 3 aliphatic rings. The fourth-order valence-electron chi connectivity index (χ4n) is 5.17. The number of aryl methyl sites for hydroxylation is 1. The lowest BCUT2D eigenvalue weighted by atomic mass is 9.84. The predicted octanol–water partition coefficient (Wildman–Crippen LogP) is 3.14. The van der Waals surface area contributed by atoms with Crippen molar-refractivity contribution in [2.24, 2.45) is 17.8 Å². The Bertz CT molecular complexity index is 731. The number of nitrogens with zero attached hydrogens (tertiary/aromatic N) is 3. The molecule has 7 heteroatoms. The average molecular weight is 377 g/mol. The van der Waals surface area contributed by atoms with Crippen LogP contribution in [0.5, 0.6) is 0 Å². The number of aromatic nitrogens is 2. The molecule has 6 nitrogen and oxygen atoms in total. The van der Waals surface area contributed by atoms with Gasteiger partial charge in [0.15, 0.2) is 5.16 Å². The van der Waals surface area contributed by atoms with Gasteiger partial charge in [0.25, 0.3) is 0 Å². The van der Waals surface area contributed by atoms with Gasteiger partial charge in [0.1, 0.15) is 0 Å². The maximum atomic E-state index is 12.4. The van der Waals surface area contributed by atoms with Crippen molar-refractivity contribution in [1.82, 2.24) is 19.8 Å². The molecular formula is C19H28N4O2S. The van der Waals surface area contributed by atoms with Crippen molar-refractivity contribution in [3.05, 3.63) is 11.4 Å². The van der Waals surface area contributed by atoms with Crippen molar-refractivity contribution in [2.45, 2.75) is 57.7 Å². The summed E-state index contributed by atoms with van der Waals surface area (Å²) < 4.78 is 2.35. The van der Waals surface area contributed by atoms with Gasteiger partial charge in [0, 0.05) is 24.8 Å². The second kappa shape index (κ2) is 6.91. The van der Waals surface area contributed by atoms with E-state index >= 15 is 0 Å². The van der Waals surface area contributed by atoms with Crippen LogP contribution in [0, 0.1) is 31.6 Å². The van der Waals surface area contributed by atoms with E-state index in [1.54, 1.807) is 0 Å². The number of hydrogen-bond donors (Lipinski definition) is 1. The Labute approximate surface area is 159 Å². The van der Waals surface area contributed by atoms with E-state index in [-0.39, 0.29) is 17.7 Å². The van der Waals surface area contributed by atoms with E-state index in [4.69, 9.17) is 4.98 Å². The summed E-state index contributed by atoms with van der Waals surface area (Å²) in [6.07, 6.45) is 5.51. The highest BCUT2D eigenvalue weighted by Crippen LogP contribution is 2.52. The maximum Gasteiger partial charge on any atom is 0.324 e. The fraction of sp³-hybridized carbons (Fsp3) is 0.737. The van der Waals surface area contributed by atoms with Crippen LogP contribution in [0.3, 0.4) is 0 Å². The molecule has 1 saturated heterocycles. The van der Waals surface area contributed by atoms with Crippen LogP contribution in [0.15, 0.2) is 5.16 Å². The molecule has 1 aromatic rings. The number of thioether (sulfide) groups is 1. The molecule has 1 N–H and O–H groups in total. The van der Waals surface area contributed by atoms with E-state index in [2.05, 4.69) is 23.7 Å². The van der Waals surface area contributed by atoms with E-state index in [9.17, 15) is 9.59 Å². The van der Waals surface area contributed by atoms with Gasteiger partial charge in [-0.3, -0.25) is 9.69 Å². The molecule has 4 atom stereocenters. The van der Waals surface area contributed by atoms with Gasteiger partial charge >= 0.3 is 6.03 Å². The molecule has 2 aliphatic carbocycles. The Kier molecular flexibility index (Phi) is 4.75. The van der Waals surface area contributed by atoms with Gasteiger partial charge in [-0.25, -0.2) is 9.78 Å². The van der Waals surface area contributed by atoms with Gasteiger partial charge in [-0.05, 0) is 57.8 Å². The second-order valence-corrected chi connectivity index (χ2v) is 9.02. The number of hydrogen-bond acceptors (Lipinski definition) is 4. The number of urea groups is 1. The quantitative estimate of drug-likeness (QED) is 0.802. The molecule has 26 heavy (non-hydrogen) atoms. The molecular weight excluding hydrogens is 348 g/mol. The SMILES string of the molecule is Cc1nc(SCC(=O)N2CCNC2=O)n([C@H](C)[C@H]2C[C@H]3CC[C@H]2C3)c1C. The minimum absolute atomic E-state index is 0.137. The van der Waals surface area contributed by atoms with Gasteiger partial charge in [0.05, 0.1) is 11.4 Å². The van der Waals surface area contributed by atoms with Gasteiger partial charge in [-0.2, -0.15) is 0 Å². The third-order valence-electron chi connectivity index (χ3n) is 6.66. The van der Waals surface area contributed by atoms with E-state index in [1.807, 2.05) is 6.92 Å². The van der Waals surface area contributed by atoms with Crippen molar-refractivity contribution in [3.8, 4) is 0 Å². The van der Waals surface area contributed by atoms with E-state index in [0.717, 1.165) is 28.6 Å². The first-order valence-corrected chi connectivity index (χ1v) is 10.7. The maximum absolute atomic E-state index is 12.4. The Balaban J connectivity index is 1.49. The molecule has 2 bridgehead atoms. The predicted molar refractivity (Wildman–Crippen MR) is 101 cm³/mol. The summed E-state index contributed by atoms with van der Waals surface area (Å²) in [5.41, 5.74) is 2.24. The van der Waals surface area contributed by atoms with Crippen LogP contribution in [-0.4, -0.2) is 45.2 Å². The van der Waals surface area contributed by atoms with E-state index in [0.29, 0.717) is 19.1 Å². The molecule has 1 aliphatic heterocycles. The zero-order valence-corrected chi connectivity index (χ0v) is 16.6. The van der Waals surface area contributed by atoms with Crippen molar-refractivity contribution in [3.63, 3.8) is 0 Å². The van der Waals surface area contributed by atoms with Crippen LogP contribution in [0.1, 0.15) is 50.0 Å². The number of amides is 3. The first-order valence-electron chi connectivity index (χ1n) is 9.72. The Morgan fingerprint density at radius 1 is 1.35 bits per heavy atom. The zero-order chi connectivity index (χ0) is 18.4. The normalized spacial score (nSPS) is 28.7. The summed E-state index contributed by atoms with van der Waals surface area (Å²) in [5, 5.41) is 3.60. The number of imidazole rings is 1. The number of carbonyl (C=O) groups is 2. The van der Waals surface area contributed by atoms with Crippen molar-refractivity contribution in [2.75, 3.05) is 18.8 Å². The number of carbonyl (C=O) groups excluding carboxylic acids is 2. The Morgan fingerprint density at radius 2 is 2.15 bits per heavy atom.